The zero-order chi connectivity index (χ0) is 24.2. The molecule has 5 rings (SSSR count). The second-order valence-corrected chi connectivity index (χ2v) is 11.1. The van der Waals surface area contributed by atoms with Crippen LogP contribution in [0.5, 0.6) is 5.75 Å². The van der Waals surface area contributed by atoms with Crippen molar-refractivity contribution in [1.29, 1.82) is 0 Å². The summed E-state index contributed by atoms with van der Waals surface area (Å²) in [6.07, 6.45) is 10.7. The summed E-state index contributed by atoms with van der Waals surface area (Å²) in [5, 5.41) is 1.05. The monoisotopic (exact) mass is 489 g/mol. The van der Waals surface area contributed by atoms with Gasteiger partial charge in [0.15, 0.2) is 5.78 Å². The molecular formula is C30H35NO3S. The van der Waals surface area contributed by atoms with E-state index in [4.69, 9.17) is 4.74 Å². The number of aryl methyl sites for hydroxylation is 1. The van der Waals surface area contributed by atoms with Crippen LogP contribution in [0.1, 0.15) is 90.1 Å². The van der Waals surface area contributed by atoms with Crippen molar-refractivity contribution in [2.45, 2.75) is 70.1 Å². The predicted molar refractivity (Wildman–Crippen MR) is 143 cm³/mol. The Bertz CT molecular complexity index is 1180. The number of carbonyl (C=O) groups is 2. The minimum atomic E-state index is 0.123. The molecule has 0 radical (unpaired) electrons. The third-order valence-corrected chi connectivity index (χ3v) is 8.97. The van der Waals surface area contributed by atoms with Crippen molar-refractivity contribution >= 4 is 33.1 Å². The van der Waals surface area contributed by atoms with Gasteiger partial charge in [-0.25, -0.2) is 0 Å². The van der Waals surface area contributed by atoms with Gasteiger partial charge in [-0.05, 0) is 68.2 Å². The Hall–Kier alpha value is -2.66. The molecule has 0 atom stereocenters. The average Bonchev–Trinajstić information content (AvgIpc) is 3.57. The smallest absolute Gasteiger partial charge is 0.222 e. The van der Waals surface area contributed by atoms with Crippen LogP contribution in [0.3, 0.4) is 0 Å². The summed E-state index contributed by atoms with van der Waals surface area (Å²) in [6.45, 7) is 1.84. The molecule has 35 heavy (non-hydrogen) atoms. The molecule has 184 valence electrons. The van der Waals surface area contributed by atoms with Crippen LogP contribution in [0.15, 0.2) is 42.5 Å². The quantitative estimate of drug-likeness (QED) is 0.316. The zero-order valence-corrected chi connectivity index (χ0v) is 21.5. The minimum Gasteiger partial charge on any atom is -0.497 e. The molecule has 0 N–H and O–H groups in total. The third kappa shape index (κ3) is 5.30. The maximum absolute atomic E-state index is 13.8. The number of thiophene rings is 1. The van der Waals surface area contributed by atoms with Gasteiger partial charge in [0.05, 0.1) is 7.11 Å². The van der Waals surface area contributed by atoms with Gasteiger partial charge in [-0.15, -0.1) is 11.3 Å². The number of amides is 1. The van der Waals surface area contributed by atoms with E-state index < -0.39 is 0 Å². The molecule has 1 saturated carbocycles. The normalized spacial score (nSPS) is 16.7. The van der Waals surface area contributed by atoms with E-state index in [-0.39, 0.29) is 11.7 Å². The van der Waals surface area contributed by atoms with E-state index in [1.54, 1.807) is 18.4 Å². The largest absolute Gasteiger partial charge is 0.497 e. The Kier molecular flexibility index (Phi) is 7.52. The molecule has 5 heteroatoms. The van der Waals surface area contributed by atoms with Crippen molar-refractivity contribution in [3.63, 3.8) is 0 Å². The second-order valence-electron chi connectivity index (χ2n) is 10.0. The van der Waals surface area contributed by atoms with Crippen molar-refractivity contribution in [3.05, 3.63) is 64.0 Å². The molecule has 2 aliphatic rings. The molecule has 4 nitrogen and oxygen atoms in total. The summed E-state index contributed by atoms with van der Waals surface area (Å²) in [6, 6.07) is 14.1. The molecule has 1 aromatic heterocycles. The first-order valence-electron chi connectivity index (χ1n) is 13.2. The van der Waals surface area contributed by atoms with Crippen LogP contribution in [-0.4, -0.2) is 36.8 Å². The highest BCUT2D eigenvalue weighted by atomic mass is 32.1. The Balaban J connectivity index is 1.33. The number of ether oxygens (including phenoxy) is 1. The van der Waals surface area contributed by atoms with E-state index in [1.807, 2.05) is 23.1 Å². The fraction of sp³-hybridized carbons (Fsp3) is 0.467. The first kappa shape index (κ1) is 24.1. The lowest BCUT2D eigenvalue weighted by Gasteiger charge is -2.21. The number of hydrogen-bond donors (Lipinski definition) is 0. The molecule has 2 heterocycles. The molecule has 3 aromatic rings. The molecule has 1 aliphatic carbocycles. The van der Waals surface area contributed by atoms with Crippen LogP contribution in [0, 0.1) is 0 Å². The van der Waals surface area contributed by atoms with Crippen LogP contribution < -0.4 is 4.74 Å². The maximum atomic E-state index is 13.8. The van der Waals surface area contributed by atoms with Gasteiger partial charge in [0.2, 0.25) is 5.91 Å². The van der Waals surface area contributed by atoms with Crippen molar-refractivity contribution < 1.29 is 14.3 Å². The number of methoxy groups -OCH3 is 1. The third-order valence-electron chi connectivity index (χ3n) is 7.66. The van der Waals surface area contributed by atoms with Crippen LogP contribution in [-0.2, 0) is 11.2 Å². The first-order chi connectivity index (χ1) is 17.1. The van der Waals surface area contributed by atoms with Crippen molar-refractivity contribution in [1.82, 2.24) is 4.90 Å². The highest BCUT2D eigenvalue weighted by molar-refractivity contribution is 7.19. The van der Waals surface area contributed by atoms with Gasteiger partial charge in [0.25, 0.3) is 0 Å². The summed E-state index contributed by atoms with van der Waals surface area (Å²) >= 11 is 1.77. The number of carbonyl (C=O) groups excluding carboxylic acids is 2. The summed E-state index contributed by atoms with van der Waals surface area (Å²) in [7, 11) is 1.69. The fourth-order valence-electron chi connectivity index (χ4n) is 5.64. The van der Waals surface area contributed by atoms with Crippen molar-refractivity contribution in [2.24, 2.45) is 0 Å². The SMILES string of the molecule is COc1ccc2c(C(=O)c3ccc(CCCC(=O)N4CCCC4)cc3)c(C3CCCCC3)sc2c1. The van der Waals surface area contributed by atoms with Crippen molar-refractivity contribution in [2.75, 3.05) is 20.2 Å². The lowest BCUT2D eigenvalue weighted by atomic mass is 9.85. The van der Waals surface area contributed by atoms with E-state index in [1.165, 1.54) is 42.5 Å². The molecular weight excluding hydrogens is 454 g/mol. The Morgan fingerprint density at radius 1 is 0.971 bits per heavy atom. The highest BCUT2D eigenvalue weighted by Gasteiger charge is 2.27. The molecule has 2 aromatic carbocycles. The summed E-state index contributed by atoms with van der Waals surface area (Å²) in [5.41, 5.74) is 2.82. The molecule has 1 saturated heterocycles. The van der Waals surface area contributed by atoms with Gasteiger partial charge in [0, 0.05) is 45.6 Å². The predicted octanol–water partition coefficient (Wildman–Crippen LogP) is 7.13. The summed E-state index contributed by atoms with van der Waals surface area (Å²) in [5.74, 6) is 1.71. The maximum Gasteiger partial charge on any atom is 0.222 e. The number of benzene rings is 2. The molecule has 0 bridgehead atoms. The summed E-state index contributed by atoms with van der Waals surface area (Å²) in [4.78, 5) is 29.4. The van der Waals surface area contributed by atoms with Crippen molar-refractivity contribution in [3.8, 4) is 5.75 Å². The number of ketones is 1. The lowest BCUT2D eigenvalue weighted by molar-refractivity contribution is -0.130. The van der Waals surface area contributed by atoms with E-state index in [0.29, 0.717) is 12.3 Å². The van der Waals surface area contributed by atoms with Gasteiger partial charge in [-0.2, -0.15) is 0 Å². The van der Waals surface area contributed by atoms with E-state index >= 15 is 0 Å². The summed E-state index contributed by atoms with van der Waals surface area (Å²) < 4.78 is 6.58. The molecule has 0 spiro atoms. The fourth-order valence-corrected chi connectivity index (χ4v) is 7.04. The molecule has 2 fully saturated rings. The first-order valence-corrected chi connectivity index (χ1v) is 14.0. The van der Waals surface area contributed by atoms with Gasteiger partial charge in [-0.1, -0.05) is 43.5 Å². The number of likely N-dealkylation sites (tertiary alicyclic amines) is 1. The number of hydrogen-bond acceptors (Lipinski definition) is 4. The number of nitrogens with zero attached hydrogens (tertiary/aromatic N) is 1. The molecule has 1 aliphatic heterocycles. The van der Waals surface area contributed by atoms with Gasteiger partial charge < -0.3 is 9.64 Å². The van der Waals surface area contributed by atoms with E-state index in [2.05, 4.69) is 24.3 Å². The van der Waals surface area contributed by atoms with Gasteiger partial charge in [0.1, 0.15) is 5.75 Å². The molecule has 0 unspecified atom stereocenters. The van der Waals surface area contributed by atoms with Gasteiger partial charge in [-0.3, -0.25) is 9.59 Å². The number of fused-ring (bicyclic) bond motifs is 1. The Morgan fingerprint density at radius 2 is 1.71 bits per heavy atom. The van der Waals surface area contributed by atoms with E-state index in [9.17, 15) is 9.59 Å². The topological polar surface area (TPSA) is 46.6 Å². The van der Waals surface area contributed by atoms with Crippen LogP contribution in [0.25, 0.3) is 10.1 Å². The van der Waals surface area contributed by atoms with Crippen LogP contribution in [0.4, 0.5) is 0 Å². The lowest BCUT2D eigenvalue weighted by Crippen LogP contribution is -2.27. The highest BCUT2D eigenvalue weighted by Crippen LogP contribution is 2.44. The number of rotatable bonds is 8. The zero-order valence-electron chi connectivity index (χ0n) is 20.7. The second kappa shape index (κ2) is 10.9. The minimum absolute atomic E-state index is 0.123. The van der Waals surface area contributed by atoms with Gasteiger partial charge >= 0.3 is 0 Å². The average molecular weight is 490 g/mol. The van der Waals surface area contributed by atoms with Crippen LogP contribution in [0.2, 0.25) is 0 Å². The Morgan fingerprint density at radius 3 is 2.43 bits per heavy atom. The standard InChI is InChI=1S/C30H35NO3S/c1-34-24-16-17-25-26(20-24)35-30(23-9-3-2-4-10-23)28(25)29(33)22-14-12-21(13-15-22)8-7-11-27(32)31-18-5-6-19-31/h12-17,20,23H,2-11,18-19H2,1H3. The van der Waals surface area contributed by atoms with E-state index in [0.717, 1.165) is 65.7 Å². The molecule has 1 amide bonds. The Labute approximate surface area is 212 Å². The van der Waals surface area contributed by atoms with Crippen LogP contribution >= 0.6 is 11.3 Å².